The van der Waals surface area contributed by atoms with Crippen molar-refractivity contribution in [3.05, 3.63) is 114 Å². The van der Waals surface area contributed by atoms with Gasteiger partial charge in [-0.3, -0.25) is 0 Å². The minimum atomic E-state index is -0.247. The van der Waals surface area contributed by atoms with Crippen LogP contribution >= 0.6 is 0 Å². The van der Waals surface area contributed by atoms with Crippen LogP contribution in [0.25, 0.3) is 5.69 Å². The first-order chi connectivity index (χ1) is 15.3. The number of nitrogens with one attached hydrogen (secondary N) is 2. The summed E-state index contributed by atoms with van der Waals surface area (Å²) in [5.74, 6) is 6.25. The van der Waals surface area contributed by atoms with E-state index in [0.717, 1.165) is 22.4 Å². The second-order valence-electron chi connectivity index (χ2n) is 6.96. The van der Waals surface area contributed by atoms with Crippen molar-refractivity contribution in [2.24, 2.45) is 0 Å². The van der Waals surface area contributed by atoms with Crippen LogP contribution in [0.3, 0.4) is 0 Å². The molecule has 0 radical (unpaired) electrons. The average molecular weight is 406 g/mol. The topological polar surface area (TPSA) is 59.0 Å². The van der Waals surface area contributed by atoms with Crippen LogP contribution in [0, 0.1) is 11.8 Å². The van der Waals surface area contributed by atoms with Gasteiger partial charge in [0, 0.05) is 29.6 Å². The smallest absolute Gasteiger partial charge is 0.319 e. The van der Waals surface area contributed by atoms with Crippen LogP contribution in [0.5, 0.6) is 0 Å². The number of hydrogen-bond acceptors (Lipinski definition) is 2. The van der Waals surface area contributed by atoms with Gasteiger partial charge < -0.3 is 10.6 Å². The molecular weight excluding hydrogens is 384 g/mol. The molecule has 1 aromatic heterocycles. The lowest BCUT2D eigenvalue weighted by Gasteiger charge is -2.07. The van der Waals surface area contributed by atoms with Crippen molar-refractivity contribution in [2.75, 3.05) is 11.9 Å². The summed E-state index contributed by atoms with van der Waals surface area (Å²) in [6.07, 6.45) is 4.49. The van der Waals surface area contributed by atoms with Gasteiger partial charge in [0.1, 0.15) is 0 Å². The molecule has 2 amide bonds. The highest BCUT2D eigenvalue weighted by Crippen LogP contribution is 2.10. The van der Waals surface area contributed by atoms with Crippen molar-refractivity contribution in [1.29, 1.82) is 0 Å². The lowest BCUT2D eigenvalue weighted by molar-refractivity contribution is 0.252. The first-order valence-corrected chi connectivity index (χ1v) is 10.1. The van der Waals surface area contributed by atoms with E-state index < -0.39 is 0 Å². The molecule has 4 rings (SSSR count). The van der Waals surface area contributed by atoms with Crippen LogP contribution in [0.2, 0.25) is 0 Å². The summed E-state index contributed by atoms with van der Waals surface area (Å²) in [5.41, 5.74) is 4.57. The van der Waals surface area contributed by atoms with E-state index in [1.54, 1.807) is 0 Å². The van der Waals surface area contributed by atoms with Crippen molar-refractivity contribution >= 4 is 11.7 Å². The fourth-order valence-electron chi connectivity index (χ4n) is 3.05. The number of nitrogens with zero attached hydrogens (tertiary/aromatic N) is 2. The van der Waals surface area contributed by atoms with E-state index in [0.29, 0.717) is 18.7 Å². The predicted octanol–water partition coefficient (Wildman–Crippen LogP) is 4.64. The minimum absolute atomic E-state index is 0.247. The second-order valence-corrected chi connectivity index (χ2v) is 6.96. The summed E-state index contributed by atoms with van der Waals surface area (Å²) in [6.45, 7) is 0.514. The Kier molecular flexibility index (Phi) is 6.42. The number of aromatic nitrogens is 2. The number of para-hydroxylation sites is 1. The van der Waals surface area contributed by atoms with Gasteiger partial charge in [-0.1, -0.05) is 54.3 Å². The van der Waals surface area contributed by atoms with Crippen LogP contribution in [-0.2, 0) is 6.42 Å². The highest BCUT2D eigenvalue weighted by Gasteiger charge is 2.04. The summed E-state index contributed by atoms with van der Waals surface area (Å²) in [6, 6.07) is 27.0. The number of anilines is 1. The van der Waals surface area contributed by atoms with Gasteiger partial charge in [0.05, 0.1) is 11.9 Å². The molecule has 0 spiro atoms. The van der Waals surface area contributed by atoms with E-state index in [1.807, 2.05) is 102 Å². The molecule has 0 unspecified atom stereocenters. The van der Waals surface area contributed by atoms with Gasteiger partial charge in [-0.15, -0.1) is 0 Å². The van der Waals surface area contributed by atoms with Crippen molar-refractivity contribution < 1.29 is 4.79 Å². The maximum atomic E-state index is 12.2. The largest absolute Gasteiger partial charge is 0.338 e. The van der Waals surface area contributed by atoms with Gasteiger partial charge in [0.2, 0.25) is 0 Å². The van der Waals surface area contributed by atoms with Crippen LogP contribution in [0.4, 0.5) is 10.5 Å². The fraction of sp³-hybridized carbons (Fsp3) is 0.0769. The summed E-state index contributed by atoms with van der Waals surface area (Å²) in [5, 5.41) is 10.1. The summed E-state index contributed by atoms with van der Waals surface area (Å²) in [7, 11) is 0. The van der Waals surface area contributed by atoms with Crippen LogP contribution in [0.1, 0.15) is 16.7 Å². The Morgan fingerprint density at radius 3 is 2.39 bits per heavy atom. The molecule has 4 aromatic rings. The van der Waals surface area contributed by atoms with Crippen LogP contribution in [0.15, 0.2) is 97.3 Å². The Balaban J connectivity index is 1.28. The quantitative estimate of drug-likeness (QED) is 0.475. The SMILES string of the molecule is O=C(NCCc1cnn(-c2ccccc2)c1)Nc1cccc(C#Cc2ccccc2)c1. The molecule has 31 heavy (non-hydrogen) atoms. The Morgan fingerprint density at radius 2 is 1.58 bits per heavy atom. The van der Waals surface area contributed by atoms with Crippen molar-refractivity contribution in [2.45, 2.75) is 6.42 Å². The van der Waals surface area contributed by atoms with E-state index in [9.17, 15) is 4.79 Å². The number of amides is 2. The minimum Gasteiger partial charge on any atom is -0.338 e. The van der Waals surface area contributed by atoms with Gasteiger partial charge in [0.15, 0.2) is 0 Å². The van der Waals surface area contributed by atoms with Crippen molar-refractivity contribution in [1.82, 2.24) is 15.1 Å². The molecule has 0 fully saturated rings. The number of rotatable bonds is 5. The molecule has 0 atom stereocenters. The number of carbonyl (C=O) groups is 1. The van der Waals surface area contributed by atoms with E-state index in [2.05, 4.69) is 27.6 Å². The summed E-state index contributed by atoms with van der Waals surface area (Å²) >= 11 is 0. The fourth-order valence-corrected chi connectivity index (χ4v) is 3.05. The molecule has 5 nitrogen and oxygen atoms in total. The van der Waals surface area contributed by atoms with Gasteiger partial charge in [0.25, 0.3) is 0 Å². The number of urea groups is 1. The molecule has 5 heteroatoms. The third-order valence-corrected chi connectivity index (χ3v) is 4.60. The zero-order chi connectivity index (χ0) is 21.3. The molecule has 0 aliphatic carbocycles. The summed E-state index contributed by atoms with van der Waals surface area (Å²) in [4.78, 5) is 12.2. The molecule has 0 aliphatic heterocycles. The third-order valence-electron chi connectivity index (χ3n) is 4.60. The number of benzene rings is 3. The van der Waals surface area contributed by atoms with Crippen molar-refractivity contribution in [3.8, 4) is 17.5 Å². The molecule has 0 aliphatic rings. The van der Waals surface area contributed by atoms with E-state index in [-0.39, 0.29) is 6.03 Å². The third kappa shape index (κ3) is 5.84. The first-order valence-electron chi connectivity index (χ1n) is 10.1. The molecule has 3 aromatic carbocycles. The van der Waals surface area contributed by atoms with Crippen LogP contribution in [-0.4, -0.2) is 22.4 Å². The maximum Gasteiger partial charge on any atom is 0.319 e. The van der Waals surface area contributed by atoms with E-state index in [1.165, 1.54) is 0 Å². The molecule has 152 valence electrons. The van der Waals surface area contributed by atoms with Gasteiger partial charge in [-0.25, -0.2) is 9.48 Å². The highest BCUT2D eigenvalue weighted by atomic mass is 16.2. The Bertz CT molecular complexity index is 1200. The molecule has 1 heterocycles. The normalized spacial score (nSPS) is 10.1. The molecule has 0 saturated heterocycles. The van der Waals surface area contributed by atoms with E-state index in [4.69, 9.17) is 0 Å². The zero-order valence-electron chi connectivity index (χ0n) is 17.0. The maximum absolute atomic E-state index is 12.2. The lowest BCUT2D eigenvalue weighted by atomic mass is 10.1. The lowest BCUT2D eigenvalue weighted by Crippen LogP contribution is -2.30. The van der Waals surface area contributed by atoms with Gasteiger partial charge in [-0.2, -0.15) is 5.10 Å². The number of carbonyl (C=O) groups excluding carboxylic acids is 1. The number of hydrogen-bond donors (Lipinski definition) is 2. The highest BCUT2D eigenvalue weighted by molar-refractivity contribution is 5.89. The standard InChI is InChI=1S/C26H22N4O/c31-26(27-17-16-23-19-28-30(20-23)25-12-5-2-6-13-25)29-24-11-7-10-22(18-24)15-14-21-8-3-1-4-9-21/h1-13,18-20H,16-17H2,(H2,27,29,31). The molecular formula is C26H22N4O. The molecule has 0 bridgehead atoms. The molecule has 0 saturated carbocycles. The van der Waals surface area contributed by atoms with Gasteiger partial charge in [-0.05, 0) is 54.4 Å². The Labute approximate surface area is 181 Å². The van der Waals surface area contributed by atoms with E-state index >= 15 is 0 Å². The average Bonchev–Trinajstić information content (AvgIpc) is 3.28. The van der Waals surface area contributed by atoms with Gasteiger partial charge >= 0.3 is 6.03 Å². The predicted molar refractivity (Wildman–Crippen MR) is 123 cm³/mol. The van der Waals surface area contributed by atoms with Crippen LogP contribution < -0.4 is 10.6 Å². The Hall–Kier alpha value is -4.30. The second kappa shape index (κ2) is 9.95. The van der Waals surface area contributed by atoms with Crippen molar-refractivity contribution in [3.63, 3.8) is 0 Å². The summed E-state index contributed by atoms with van der Waals surface area (Å²) < 4.78 is 1.83. The Morgan fingerprint density at radius 1 is 0.871 bits per heavy atom. The first kappa shape index (κ1) is 20.0. The molecule has 2 N–H and O–H groups in total. The zero-order valence-corrected chi connectivity index (χ0v) is 17.0. The monoisotopic (exact) mass is 406 g/mol.